The summed E-state index contributed by atoms with van der Waals surface area (Å²) in [4.78, 5) is 36.9. The number of hydrogen-bond acceptors (Lipinski definition) is 6. The van der Waals surface area contributed by atoms with E-state index in [9.17, 15) is 22.8 Å². The molecule has 2 aliphatic heterocycles. The van der Waals surface area contributed by atoms with E-state index in [0.29, 0.717) is 11.5 Å². The zero-order chi connectivity index (χ0) is 17.4. The molecule has 2 fully saturated rings. The van der Waals surface area contributed by atoms with E-state index in [4.69, 9.17) is 4.55 Å². The molecule has 1 unspecified atom stereocenters. The molecule has 4 amide bonds. The van der Waals surface area contributed by atoms with Gasteiger partial charge in [-0.2, -0.15) is 13.5 Å². The lowest BCUT2D eigenvalue weighted by Gasteiger charge is -2.31. The van der Waals surface area contributed by atoms with Crippen molar-refractivity contribution >= 4 is 28.2 Å². The quantitative estimate of drug-likeness (QED) is 0.484. The Labute approximate surface area is 133 Å². The maximum atomic E-state index is 12.3. The van der Waals surface area contributed by atoms with Gasteiger partial charge in [0.25, 0.3) is 5.91 Å². The highest BCUT2D eigenvalue weighted by Crippen LogP contribution is 2.30. The van der Waals surface area contributed by atoms with Crippen LogP contribution in [0, 0.1) is 0 Å². The molecule has 11 nitrogen and oxygen atoms in total. The van der Waals surface area contributed by atoms with Crippen LogP contribution in [-0.4, -0.2) is 71.0 Å². The van der Waals surface area contributed by atoms with Crippen molar-refractivity contribution in [1.82, 2.24) is 20.4 Å². The average Bonchev–Trinajstić information content (AvgIpc) is 2.68. The molecule has 0 aliphatic carbocycles. The van der Waals surface area contributed by atoms with Gasteiger partial charge in [0, 0.05) is 20.0 Å². The summed E-state index contributed by atoms with van der Waals surface area (Å²) in [5.41, 5.74) is 2.43. The zero-order valence-electron chi connectivity index (χ0n) is 12.6. The van der Waals surface area contributed by atoms with Gasteiger partial charge in [-0.15, -0.1) is 4.28 Å². The Morgan fingerprint density at radius 1 is 1.43 bits per heavy atom. The largest absolute Gasteiger partial charge is 0.418 e. The number of hydrazine groups is 1. The van der Waals surface area contributed by atoms with E-state index in [1.165, 1.54) is 6.92 Å². The zero-order valence-corrected chi connectivity index (χ0v) is 13.4. The number of fused-ring (bicyclic) bond motifs is 2. The van der Waals surface area contributed by atoms with Crippen LogP contribution in [0.3, 0.4) is 0 Å². The fraction of sp³-hybridized carbons (Fsp3) is 0.727. The summed E-state index contributed by atoms with van der Waals surface area (Å²) in [5.74, 6) is -0.888. The topological polar surface area (TPSA) is 137 Å². The lowest BCUT2D eigenvalue weighted by Crippen LogP contribution is -2.55. The third-order valence-corrected chi connectivity index (χ3v) is 4.09. The molecule has 0 aromatic carbocycles. The van der Waals surface area contributed by atoms with Crippen LogP contribution in [0.25, 0.3) is 0 Å². The highest BCUT2D eigenvalue weighted by atomic mass is 32.3. The lowest BCUT2D eigenvalue weighted by molar-refractivity contribution is -0.142. The monoisotopic (exact) mass is 350 g/mol. The summed E-state index contributed by atoms with van der Waals surface area (Å²) < 4.78 is 34.6. The Kier molecular flexibility index (Phi) is 4.77. The summed E-state index contributed by atoms with van der Waals surface area (Å²) in [7, 11) is -4.83. The second-order valence-corrected chi connectivity index (χ2v) is 6.25. The summed E-state index contributed by atoms with van der Waals surface area (Å²) in [5, 5.41) is 1.67. The van der Waals surface area contributed by atoms with Gasteiger partial charge in [0.2, 0.25) is 5.91 Å². The maximum Gasteiger partial charge on any atom is 0.418 e. The molecule has 0 radical (unpaired) electrons. The van der Waals surface area contributed by atoms with Crippen molar-refractivity contribution < 1.29 is 31.6 Å². The molecule has 2 heterocycles. The molecule has 0 saturated carbocycles. The number of carbonyl (C=O) groups is 3. The molecule has 2 atom stereocenters. The van der Waals surface area contributed by atoms with Crippen LogP contribution in [0.5, 0.6) is 0 Å². The van der Waals surface area contributed by atoms with Crippen molar-refractivity contribution in [2.45, 2.75) is 38.8 Å². The van der Waals surface area contributed by atoms with Gasteiger partial charge in [0.05, 0.1) is 6.04 Å². The van der Waals surface area contributed by atoms with Crippen molar-refractivity contribution in [2.75, 3.05) is 13.1 Å². The molecule has 2 bridgehead atoms. The molecule has 12 heteroatoms. The van der Waals surface area contributed by atoms with Crippen LogP contribution in [0.1, 0.15) is 26.7 Å². The Hall–Kier alpha value is -1.92. The first-order valence-electron chi connectivity index (χ1n) is 6.99. The highest BCUT2D eigenvalue weighted by molar-refractivity contribution is 7.80. The molecule has 0 spiro atoms. The van der Waals surface area contributed by atoms with E-state index in [-0.39, 0.29) is 25.4 Å². The molecule has 0 aromatic heterocycles. The van der Waals surface area contributed by atoms with Gasteiger partial charge in [-0.25, -0.2) is 4.79 Å². The number of hydrogen-bond donors (Lipinski definition) is 2. The molecule has 2 rings (SSSR count). The van der Waals surface area contributed by atoms with E-state index in [1.54, 1.807) is 6.92 Å². The first-order valence-corrected chi connectivity index (χ1v) is 8.36. The van der Waals surface area contributed by atoms with Crippen molar-refractivity contribution in [1.29, 1.82) is 0 Å². The smallest absolute Gasteiger partial charge is 0.309 e. The van der Waals surface area contributed by atoms with Gasteiger partial charge in [0.15, 0.2) is 0 Å². The SMILES string of the molecule is CCN(NC(=O)[C@H]1CCC2CN1C(=O)N2OS(=O)(=O)O)C(C)=O. The fourth-order valence-corrected chi connectivity index (χ4v) is 3.08. The number of nitrogens with one attached hydrogen (secondary N) is 1. The van der Waals surface area contributed by atoms with Gasteiger partial charge in [-0.1, -0.05) is 0 Å². The molecule has 2 saturated heterocycles. The first kappa shape index (κ1) is 17.4. The van der Waals surface area contributed by atoms with E-state index in [1.807, 2.05) is 0 Å². The van der Waals surface area contributed by atoms with Gasteiger partial charge in [-0.05, 0) is 19.8 Å². The molecule has 2 N–H and O–H groups in total. The van der Waals surface area contributed by atoms with Crippen LogP contribution in [0.15, 0.2) is 0 Å². The van der Waals surface area contributed by atoms with Gasteiger partial charge in [-0.3, -0.25) is 24.6 Å². The number of hydroxylamine groups is 2. The third kappa shape index (κ3) is 3.71. The maximum absolute atomic E-state index is 12.3. The summed E-state index contributed by atoms with van der Waals surface area (Å²) in [6.45, 7) is 3.34. The number of carbonyl (C=O) groups excluding carboxylic acids is 3. The average molecular weight is 350 g/mol. The van der Waals surface area contributed by atoms with E-state index in [2.05, 4.69) is 9.71 Å². The fourth-order valence-electron chi connectivity index (χ4n) is 2.69. The minimum atomic E-state index is -4.83. The number of rotatable bonds is 4. The molecule has 130 valence electrons. The second kappa shape index (κ2) is 6.29. The van der Waals surface area contributed by atoms with Gasteiger partial charge < -0.3 is 4.90 Å². The number of urea groups is 1. The normalized spacial score (nSPS) is 23.9. The number of amides is 4. The van der Waals surface area contributed by atoms with Gasteiger partial charge in [0.1, 0.15) is 6.04 Å². The summed E-state index contributed by atoms with van der Waals surface area (Å²) >= 11 is 0. The molecule has 23 heavy (non-hydrogen) atoms. The predicted octanol–water partition coefficient (Wildman–Crippen LogP) is -1.11. The third-order valence-electron chi connectivity index (χ3n) is 3.74. The van der Waals surface area contributed by atoms with Crippen LogP contribution < -0.4 is 5.43 Å². The molecule has 0 aromatic rings. The van der Waals surface area contributed by atoms with E-state index >= 15 is 0 Å². The Bertz CT molecular complexity index is 622. The Balaban J connectivity index is 2.09. The standard InChI is InChI=1S/C11H18N4O7S/c1-3-14(7(2)16)12-10(17)9-5-4-8-6-13(9)11(18)15(8)22-23(19,20)21/h8-9H,3-6H2,1-2H3,(H,12,17)(H,19,20,21)/t8?,9-/m1/s1. The van der Waals surface area contributed by atoms with Gasteiger partial charge >= 0.3 is 16.4 Å². The molecular weight excluding hydrogens is 332 g/mol. The van der Waals surface area contributed by atoms with Crippen LogP contribution >= 0.6 is 0 Å². The Morgan fingerprint density at radius 2 is 2.09 bits per heavy atom. The minimum Gasteiger partial charge on any atom is -0.309 e. The summed E-state index contributed by atoms with van der Waals surface area (Å²) in [6, 6.07) is -2.23. The van der Waals surface area contributed by atoms with Crippen molar-refractivity contribution in [2.24, 2.45) is 0 Å². The van der Waals surface area contributed by atoms with Crippen LogP contribution in [0.4, 0.5) is 4.79 Å². The first-order chi connectivity index (χ1) is 10.6. The van der Waals surface area contributed by atoms with Crippen molar-refractivity contribution in [3.8, 4) is 0 Å². The Morgan fingerprint density at radius 3 is 2.61 bits per heavy atom. The highest BCUT2D eigenvalue weighted by Gasteiger charge is 2.49. The van der Waals surface area contributed by atoms with Crippen molar-refractivity contribution in [3.63, 3.8) is 0 Å². The summed E-state index contributed by atoms with van der Waals surface area (Å²) in [6.07, 6.45) is 0.602. The van der Waals surface area contributed by atoms with E-state index in [0.717, 1.165) is 9.91 Å². The molecular formula is C11H18N4O7S. The van der Waals surface area contributed by atoms with Crippen LogP contribution in [-0.2, 0) is 24.3 Å². The van der Waals surface area contributed by atoms with E-state index < -0.39 is 34.4 Å². The predicted molar refractivity (Wildman–Crippen MR) is 74.6 cm³/mol. The molecule has 2 aliphatic rings. The second-order valence-electron chi connectivity index (χ2n) is 5.25. The minimum absolute atomic E-state index is 0.0959. The van der Waals surface area contributed by atoms with Crippen LogP contribution in [0.2, 0.25) is 0 Å². The lowest BCUT2D eigenvalue weighted by atomic mass is 10.0. The number of piperidine rings is 1. The number of nitrogens with zero attached hydrogens (tertiary/aromatic N) is 3. The van der Waals surface area contributed by atoms with Crippen molar-refractivity contribution in [3.05, 3.63) is 0 Å².